The number of non-ortho nitro benzene ring substituents is 1. The third-order valence-corrected chi connectivity index (χ3v) is 5.22. The predicted molar refractivity (Wildman–Crippen MR) is 120 cm³/mol. The van der Waals surface area contributed by atoms with Crippen molar-refractivity contribution in [1.29, 1.82) is 0 Å². The number of methoxy groups -OCH3 is 2. The maximum Gasteiger partial charge on any atom is 0.270 e. The molecule has 0 bridgehead atoms. The molecule has 0 radical (unpaired) electrons. The van der Waals surface area contributed by atoms with E-state index in [9.17, 15) is 19.7 Å². The molecule has 2 aromatic rings. The third-order valence-electron chi connectivity index (χ3n) is 4.91. The Kier molecular flexibility index (Phi) is 8.42. The van der Waals surface area contributed by atoms with Crippen molar-refractivity contribution < 1.29 is 24.0 Å². The Balaban J connectivity index is 2.20. The van der Waals surface area contributed by atoms with Crippen molar-refractivity contribution in [3.8, 4) is 11.5 Å². The number of carbonyl (C=O) groups excluding carboxylic acids is 2. The molecule has 2 amide bonds. The Labute approximate surface area is 191 Å². The zero-order chi connectivity index (χ0) is 24.0. The van der Waals surface area contributed by atoms with E-state index in [1.165, 1.54) is 19.2 Å². The van der Waals surface area contributed by atoms with E-state index < -0.39 is 28.8 Å². The number of nitro groups is 1. The van der Waals surface area contributed by atoms with Crippen LogP contribution in [0.3, 0.4) is 0 Å². The number of halogens is 1. The van der Waals surface area contributed by atoms with E-state index in [2.05, 4.69) is 10.6 Å². The summed E-state index contributed by atoms with van der Waals surface area (Å²) in [4.78, 5) is 36.0. The molecule has 2 aromatic carbocycles. The van der Waals surface area contributed by atoms with Crippen LogP contribution in [-0.2, 0) is 4.79 Å². The highest BCUT2D eigenvalue weighted by atomic mass is 35.5. The summed E-state index contributed by atoms with van der Waals surface area (Å²) in [5.41, 5.74) is 0.524. The number of amides is 2. The normalized spacial score (nSPS) is 12.6. The van der Waals surface area contributed by atoms with Crippen LogP contribution in [0.15, 0.2) is 36.4 Å². The van der Waals surface area contributed by atoms with Crippen LogP contribution in [0.25, 0.3) is 0 Å². The van der Waals surface area contributed by atoms with Crippen LogP contribution < -0.4 is 20.1 Å². The molecule has 2 N–H and O–H groups in total. The lowest BCUT2D eigenvalue weighted by Crippen LogP contribution is -2.50. The van der Waals surface area contributed by atoms with E-state index in [4.69, 9.17) is 21.1 Å². The number of nitrogens with zero attached hydrogens (tertiary/aromatic N) is 1. The van der Waals surface area contributed by atoms with E-state index in [1.54, 1.807) is 46.1 Å². The Hall–Kier alpha value is -3.33. The summed E-state index contributed by atoms with van der Waals surface area (Å²) < 4.78 is 10.6. The lowest BCUT2D eigenvalue weighted by atomic mass is 10.0. The fraction of sp³-hybridized carbons (Fsp3) is 0.364. The second-order valence-corrected chi connectivity index (χ2v) is 7.86. The third kappa shape index (κ3) is 5.88. The highest BCUT2D eigenvalue weighted by Crippen LogP contribution is 2.29. The van der Waals surface area contributed by atoms with E-state index in [0.717, 1.165) is 6.07 Å². The minimum absolute atomic E-state index is 0.0400. The molecule has 0 saturated carbocycles. The number of nitro benzene ring substituents is 1. The molecule has 0 heterocycles. The number of hydrogen-bond acceptors (Lipinski definition) is 6. The smallest absolute Gasteiger partial charge is 0.270 e. The predicted octanol–water partition coefficient (Wildman–Crippen LogP) is 3.90. The second kappa shape index (κ2) is 10.8. The first-order valence-corrected chi connectivity index (χ1v) is 10.2. The van der Waals surface area contributed by atoms with Crippen molar-refractivity contribution in [2.45, 2.75) is 32.9 Å². The molecule has 10 heteroatoms. The highest BCUT2D eigenvalue weighted by molar-refractivity contribution is 6.34. The van der Waals surface area contributed by atoms with Crippen LogP contribution in [0.2, 0.25) is 5.02 Å². The number of nitrogens with one attached hydrogen (secondary N) is 2. The molecule has 0 aromatic heterocycles. The van der Waals surface area contributed by atoms with E-state index in [0.29, 0.717) is 17.1 Å². The first kappa shape index (κ1) is 24.9. The largest absolute Gasteiger partial charge is 0.497 e. The van der Waals surface area contributed by atoms with E-state index in [1.807, 2.05) is 0 Å². The number of ether oxygens (including phenoxy) is 2. The summed E-state index contributed by atoms with van der Waals surface area (Å²) in [6.45, 7) is 5.37. The fourth-order valence-electron chi connectivity index (χ4n) is 3.11. The molecule has 32 heavy (non-hydrogen) atoms. The van der Waals surface area contributed by atoms with Crippen LogP contribution in [0.4, 0.5) is 5.69 Å². The van der Waals surface area contributed by atoms with Gasteiger partial charge in [-0.3, -0.25) is 19.7 Å². The minimum Gasteiger partial charge on any atom is -0.497 e. The molecule has 0 spiro atoms. The van der Waals surface area contributed by atoms with Gasteiger partial charge in [-0.05, 0) is 37.1 Å². The number of benzene rings is 2. The SMILES string of the molecule is COc1ccc(OC)c(C(C)NC(=O)[C@@H](NC(=O)c2ccc([N+](=O)[O-])cc2Cl)C(C)C)c1. The van der Waals surface area contributed by atoms with Gasteiger partial charge < -0.3 is 20.1 Å². The van der Waals surface area contributed by atoms with Gasteiger partial charge in [-0.2, -0.15) is 0 Å². The van der Waals surface area contributed by atoms with Gasteiger partial charge in [0.05, 0.1) is 35.8 Å². The second-order valence-electron chi connectivity index (χ2n) is 7.45. The van der Waals surface area contributed by atoms with Crippen LogP contribution in [0, 0.1) is 16.0 Å². The quantitative estimate of drug-likeness (QED) is 0.430. The summed E-state index contributed by atoms with van der Waals surface area (Å²) in [5.74, 6) is -0.0471. The molecule has 172 valence electrons. The van der Waals surface area contributed by atoms with Crippen molar-refractivity contribution in [3.05, 3.63) is 62.7 Å². The van der Waals surface area contributed by atoms with Gasteiger partial charge in [-0.25, -0.2) is 0 Å². The molecule has 0 aliphatic rings. The van der Waals surface area contributed by atoms with Crippen LogP contribution in [0.5, 0.6) is 11.5 Å². The Morgan fingerprint density at radius 3 is 2.25 bits per heavy atom. The van der Waals surface area contributed by atoms with Crippen LogP contribution in [0.1, 0.15) is 42.7 Å². The van der Waals surface area contributed by atoms with Crippen LogP contribution in [-0.4, -0.2) is 37.0 Å². The minimum atomic E-state index is -0.868. The van der Waals surface area contributed by atoms with Crippen molar-refractivity contribution >= 4 is 29.1 Å². The van der Waals surface area contributed by atoms with Crippen molar-refractivity contribution in [2.75, 3.05) is 14.2 Å². The van der Waals surface area contributed by atoms with Gasteiger partial charge in [0, 0.05) is 17.7 Å². The summed E-state index contributed by atoms with van der Waals surface area (Å²) in [6.07, 6.45) is 0. The maximum absolute atomic E-state index is 13.0. The standard InChI is InChI=1S/C22H26ClN3O6/c1-12(2)20(25-21(27)16-8-6-14(26(29)30)10-18(16)23)22(28)24-13(3)17-11-15(31-4)7-9-19(17)32-5/h6-13,20H,1-5H3,(H,24,28)(H,25,27)/t13?,20-/m0/s1. The van der Waals surface area contributed by atoms with Gasteiger partial charge in [0.2, 0.25) is 5.91 Å². The molecular weight excluding hydrogens is 438 g/mol. The first-order valence-electron chi connectivity index (χ1n) is 9.86. The Morgan fingerprint density at radius 1 is 1.03 bits per heavy atom. The summed E-state index contributed by atoms with van der Waals surface area (Å²) >= 11 is 6.05. The molecule has 0 aliphatic heterocycles. The first-order chi connectivity index (χ1) is 15.1. The van der Waals surface area contributed by atoms with Crippen molar-refractivity contribution in [1.82, 2.24) is 10.6 Å². The highest BCUT2D eigenvalue weighted by Gasteiger charge is 2.28. The Bertz CT molecular complexity index is 1010. The van der Waals surface area contributed by atoms with Crippen LogP contribution >= 0.6 is 11.6 Å². The molecule has 0 aliphatic carbocycles. The zero-order valence-corrected chi connectivity index (χ0v) is 19.2. The van der Waals surface area contributed by atoms with E-state index >= 15 is 0 Å². The molecule has 9 nitrogen and oxygen atoms in total. The summed E-state index contributed by atoms with van der Waals surface area (Å²) in [6, 6.07) is 7.50. The molecular formula is C22H26ClN3O6. The summed E-state index contributed by atoms with van der Waals surface area (Å²) in [5, 5.41) is 16.4. The van der Waals surface area contributed by atoms with Gasteiger partial charge in [-0.1, -0.05) is 25.4 Å². The maximum atomic E-state index is 13.0. The number of rotatable bonds is 9. The fourth-order valence-corrected chi connectivity index (χ4v) is 3.38. The zero-order valence-electron chi connectivity index (χ0n) is 18.5. The lowest BCUT2D eigenvalue weighted by molar-refractivity contribution is -0.384. The molecule has 2 rings (SSSR count). The Morgan fingerprint density at radius 2 is 1.72 bits per heavy atom. The molecule has 1 unspecified atom stereocenters. The van der Waals surface area contributed by atoms with Crippen molar-refractivity contribution in [2.24, 2.45) is 5.92 Å². The summed E-state index contributed by atoms with van der Waals surface area (Å²) in [7, 11) is 3.08. The van der Waals surface area contributed by atoms with E-state index in [-0.39, 0.29) is 22.2 Å². The monoisotopic (exact) mass is 463 g/mol. The van der Waals surface area contributed by atoms with Gasteiger partial charge in [0.1, 0.15) is 17.5 Å². The molecule has 0 fully saturated rings. The molecule has 2 atom stereocenters. The van der Waals surface area contributed by atoms with Gasteiger partial charge in [0.25, 0.3) is 11.6 Å². The van der Waals surface area contributed by atoms with Gasteiger partial charge >= 0.3 is 0 Å². The molecule has 0 saturated heterocycles. The van der Waals surface area contributed by atoms with Gasteiger partial charge in [0.15, 0.2) is 0 Å². The lowest BCUT2D eigenvalue weighted by Gasteiger charge is -2.25. The average Bonchev–Trinajstić information content (AvgIpc) is 2.76. The topological polar surface area (TPSA) is 120 Å². The number of carbonyl (C=O) groups is 2. The average molecular weight is 464 g/mol. The van der Waals surface area contributed by atoms with Crippen molar-refractivity contribution in [3.63, 3.8) is 0 Å². The van der Waals surface area contributed by atoms with Gasteiger partial charge in [-0.15, -0.1) is 0 Å². The number of hydrogen-bond donors (Lipinski definition) is 2.